The number of thiophene rings is 1. The second kappa shape index (κ2) is 4.58. The molecule has 0 unspecified atom stereocenters. The largest absolute Gasteiger partial charge is 0.450 e. The topological polar surface area (TPSA) is 13.1 Å². The summed E-state index contributed by atoms with van der Waals surface area (Å²) < 4.78 is 9.91. The van der Waals surface area contributed by atoms with Gasteiger partial charge in [0.15, 0.2) is 0 Å². The fourth-order valence-electron chi connectivity index (χ4n) is 3.92. The molecule has 4 aromatic rings. The van der Waals surface area contributed by atoms with E-state index in [1.165, 1.54) is 48.9 Å². The van der Waals surface area contributed by atoms with Crippen molar-refractivity contribution >= 4 is 32.3 Å². The Balaban J connectivity index is 2.04. The molecule has 0 N–H and O–H groups in total. The second-order valence-electron chi connectivity index (χ2n) is 6.74. The van der Waals surface area contributed by atoms with Crippen molar-refractivity contribution < 1.29 is 9.30 Å². The van der Waals surface area contributed by atoms with Gasteiger partial charge in [-0.25, -0.2) is 0 Å². The molecule has 1 aliphatic rings. The molecule has 0 radical (unpaired) electrons. The molecule has 0 saturated heterocycles. The summed E-state index contributed by atoms with van der Waals surface area (Å²) in [6.07, 6.45) is 0. The third kappa shape index (κ3) is 1.68. The predicted octanol–water partition coefficient (Wildman–Crippen LogP) is 5.58. The van der Waals surface area contributed by atoms with Crippen molar-refractivity contribution in [3.05, 3.63) is 52.4 Å². The second-order valence-corrected chi connectivity index (χ2v) is 7.69. The molecule has 3 heteroatoms. The summed E-state index contributed by atoms with van der Waals surface area (Å²) in [5.74, 6) is 1.94. The molecule has 2 nitrogen and oxygen atoms in total. The lowest BCUT2D eigenvalue weighted by molar-refractivity contribution is -0.633. The Morgan fingerprint density at radius 1 is 1.00 bits per heavy atom. The number of rotatable bonds is 0. The van der Waals surface area contributed by atoms with E-state index in [-0.39, 0.29) is 0 Å². The number of hydrogen-bond acceptors (Lipinski definition) is 2. The van der Waals surface area contributed by atoms with Gasteiger partial charge in [0.2, 0.25) is 11.3 Å². The molecule has 118 valence electrons. The summed E-state index contributed by atoms with van der Waals surface area (Å²) >= 11 is 1.76. The highest BCUT2D eigenvalue weighted by molar-refractivity contribution is 7.17. The Morgan fingerprint density at radius 3 is 2.67 bits per heavy atom. The molecule has 0 atom stereocenters. The molecule has 2 aromatic carbocycles. The number of fused-ring (bicyclic) bond motifs is 3. The predicted molar refractivity (Wildman–Crippen MR) is 100 cm³/mol. The molecule has 0 spiro atoms. The molecule has 0 saturated carbocycles. The van der Waals surface area contributed by atoms with Crippen LogP contribution >= 0.6 is 11.3 Å². The Hall–Kier alpha value is -2.39. The van der Waals surface area contributed by atoms with E-state index in [0.29, 0.717) is 0 Å². The van der Waals surface area contributed by atoms with Crippen LogP contribution < -0.4 is 9.30 Å². The maximum atomic E-state index is 6.37. The van der Waals surface area contributed by atoms with Crippen molar-refractivity contribution in [3.8, 4) is 22.8 Å². The number of aromatic nitrogens is 1. The van der Waals surface area contributed by atoms with E-state index in [1.807, 2.05) is 0 Å². The molecule has 0 aliphatic carbocycles. The molecular formula is C21H18NOS+. The van der Waals surface area contributed by atoms with Crippen LogP contribution in [-0.2, 0) is 7.05 Å². The first-order valence-corrected chi connectivity index (χ1v) is 9.05. The van der Waals surface area contributed by atoms with Crippen molar-refractivity contribution in [2.45, 2.75) is 20.8 Å². The van der Waals surface area contributed by atoms with E-state index in [9.17, 15) is 0 Å². The van der Waals surface area contributed by atoms with Gasteiger partial charge in [0.25, 0.3) is 5.69 Å². The zero-order chi connectivity index (χ0) is 16.6. The van der Waals surface area contributed by atoms with Gasteiger partial charge in [-0.15, -0.1) is 11.3 Å². The summed E-state index contributed by atoms with van der Waals surface area (Å²) in [4.78, 5) is 0. The molecule has 2 aromatic heterocycles. The van der Waals surface area contributed by atoms with Crippen LogP contribution in [0.5, 0.6) is 11.5 Å². The molecule has 5 rings (SSSR count). The fraction of sp³-hybridized carbons (Fsp3) is 0.190. The fourth-order valence-corrected chi connectivity index (χ4v) is 4.77. The van der Waals surface area contributed by atoms with Crippen molar-refractivity contribution in [2.24, 2.45) is 7.05 Å². The van der Waals surface area contributed by atoms with Gasteiger partial charge in [-0.05, 0) is 54.3 Å². The number of hydrogen-bond donors (Lipinski definition) is 0. The number of benzene rings is 2. The highest BCUT2D eigenvalue weighted by Gasteiger charge is 2.31. The first-order chi connectivity index (χ1) is 11.5. The summed E-state index contributed by atoms with van der Waals surface area (Å²) in [7, 11) is 2.14. The van der Waals surface area contributed by atoms with Crippen LogP contribution in [0.4, 0.5) is 0 Å². The lowest BCUT2D eigenvalue weighted by Crippen LogP contribution is -2.33. The van der Waals surface area contributed by atoms with Gasteiger partial charge in [-0.2, -0.15) is 4.57 Å². The summed E-state index contributed by atoms with van der Waals surface area (Å²) in [6, 6.07) is 11.1. The summed E-state index contributed by atoms with van der Waals surface area (Å²) in [6.45, 7) is 6.55. The van der Waals surface area contributed by atoms with Crippen molar-refractivity contribution in [1.29, 1.82) is 0 Å². The smallest absolute Gasteiger partial charge is 0.256 e. The Morgan fingerprint density at radius 2 is 1.83 bits per heavy atom. The van der Waals surface area contributed by atoms with Crippen LogP contribution in [0.2, 0.25) is 0 Å². The molecular weight excluding hydrogens is 314 g/mol. The van der Waals surface area contributed by atoms with Crippen molar-refractivity contribution in [1.82, 2.24) is 0 Å². The SMILES string of the molecule is Cc1cc2c3c(c(C)c(C)cc3c1)-c1c(cc3sccc3[n+]1C)O2. The van der Waals surface area contributed by atoms with Gasteiger partial charge < -0.3 is 4.74 Å². The van der Waals surface area contributed by atoms with Crippen molar-refractivity contribution in [3.63, 3.8) is 0 Å². The van der Waals surface area contributed by atoms with Crippen LogP contribution in [0.3, 0.4) is 0 Å². The monoisotopic (exact) mass is 332 g/mol. The first-order valence-electron chi connectivity index (χ1n) is 8.17. The normalized spacial score (nSPS) is 12.5. The molecule has 0 amide bonds. The van der Waals surface area contributed by atoms with Gasteiger partial charge >= 0.3 is 0 Å². The maximum Gasteiger partial charge on any atom is 0.256 e. The van der Waals surface area contributed by atoms with Crippen LogP contribution in [0, 0.1) is 20.8 Å². The maximum absolute atomic E-state index is 6.37. The third-order valence-electron chi connectivity index (χ3n) is 5.19. The van der Waals surface area contributed by atoms with E-state index >= 15 is 0 Å². The van der Waals surface area contributed by atoms with E-state index in [4.69, 9.17) is 4.74 Å². The van der Waals surface area contributed by atoms with E-state index < -0.39 is 0 Å². The minimum absolute atomic E-state index is 0.959. The zero-order valence-electron chi connectivity index (χ0n) is 14.2. The standard InChI is InChI=1S/C21H18NOS/c1-11-7-14-9-12(2)13(3)19-20(14)16(8-11)23-17-10-18-15(5-6-24-18)22(4)21(17)19/h5-10H,1-4H3/q+1. The van der Waals surface area contributed by atoms with Crippen LogP contribution in [0.15, 0.2) is 35.7 Å². The molecule has 0 fully saturated rings. The molecule has 3 heterocycles. The Labute approximate surface area is 144 Å². The van der Waals surface area contributed by atoms with E-state index in [0.717, 1.165) is 11.5 Å². The van der Waals surface area contributed by atoms with Gasteiger partial charge in [0.1, 0.15) is 17.5 Å². The molecule has 1 aliphatic heterocycles. The van der Waals surface area contributed by atoms with Crippen LogP contribution in [0.1, 0.15) is 16.7 Å². The summed E-state index contributed by atoms with van der Waals surface area (Å²) in [5, 5.41) is 4.65. The zero-order valence-corrected chi connectivity index (χ0v) is 15.0. The highest BCUT2D eigenvalue weighted by Crippen LogP contribution is 2.48. The third-order valence-corrected chi connectivity index (χ3v) is 6.04. The average molecular weight is 332 g/mol. The lowest BCUT2D eigenvalue weighted by atomic mass is 9.90. The molecule has 0 bridgehead atoms. The average Bonchev–Trinajstić information content (AvgIpc) is 2.99. The minimum Gasteiger partial charge on any atom is -0.450 e. The van der Waals surface area contributed by atoms with E-state index in [1.54, 1.807) is 11.3 Å². The molecule has 24 heavy (non-hydrogen) atoms. The van der Waals surface area contributed by atoms with Crippen LogP contribution in [0.25, 0.3) is 32.2 Å². The lowest BCUT2D eigenvalue weighted by Gasteiger charge is -2.22. The number of nitrogens with zero attached hydrogens (tertiary/aromatic N) is 1. The highest BCUT2D eigenvalue weighted by atomic mass is 32.1. The quantitative estimate of drug-likeness (QED) is 0.338. The minimum atomic E-state index is 0.959. The van der Waals surface area contributed by atoms with Crippen molar-refractivity contribution in [2.75, 3.05) is 0 Å². The van der Waals surface area contributed by atoms with Gasteiger partial charge in [-0.3, -0.25) is 0 Å². The first kappa shape index (κ1) is 14.0. The van der Waals surface area contributed by atoms with Gasteiger partial charge in [0.05, 0.1) is 5.56 Å². The Kier molecular flexibility index (Phi) is 2.67. The van der Waals surface area contributed by atoms with Gasteiger partial charge in [0, 0.05) is 17.5 Å². The van der Waals surface area contributed by atoms with Crippen LogP contribution in [-0.4, -0.2) is 0 Å². The number of ether oxygens (including phenoxy) is 1. The Bertz CT molecular complexity index is 1170. The number of aryl methyl sites for hydroxylation is 3. The van der Waals surface area contributed by atoms with E-state index in [2.05, 4.69) is 68.1 Å². The number of pyridine rings is 1. The van der Waals surface area contributed by atoms with Gasteiger partial charge in [-0.1, -0.05) is 12.1 Å². The summed E-state index contributed by atoms with van der Waals surface area (Å²) in [5.41, 5.74) is 7.65.